The second-order valence-corrected chi connectivity index (χ2v) is 4.59. The Hall–Kier alpha value is -1.76. The fourth-order valence-corrected chi connectivity index (χ4v) is 1.57. The maximum atomic E-state index is 12.8. The Kier molecular flexibility index (Phi) is 5.60. The molecule has 0 radical (unpaired) electrons. The number of halogens is 3. The molecule has 1 rings (SSSR count). The van der Waals surface area contributed by atoms with Crippen LogP contribution in [0, 0.1) is 0 Å². The van der Waals surface area contributed by atoms with Gasteiger partial charge in [0.15, 0.2) is 0 Å². The zero-order valence-corrected chi connectivity index (χ0v) is 12.1. The molecule has 0 heterocycles. The number of hydrogen-bond donors (Lipinski definition) is 1. The van der Waals surface area contributed by atoms with Crippen LogP contribution in [0.3, 0.4) is 0 Å². The quantitative estimate of drug-likeness (QED) is 0.821. The average molecular weight is 305 g/mol. The molecule has 0 spiro atoms. The van der Waals surface area contributed by atoms with Gasteiger partial charge in [0.2, 0.25) is 0 Å². The van der Waals surface area contributed by atoms with Crippen molar-refractivity contribution in [1.82, 2.24) is 5.32 Å². The number of alkyl halides is 3. The van der Waals surface area contributed by atoms with E-state index in [0.29, 0.717) is 0 Å². The van der Waals surface area contributed by atoms with Crippen molar-refractivity contribution in [2.45, 2.75) is 25.6 Å². The first-order valence-corrected chi connectivity index (χ1v) is 6.39. The van der Waals surface area contributed by atoms with Gasteiger partial charge in [-0.2, -0.15) is 13.2 Å². The van der Waals surface area contributed by atoms with Crippen LogP contribution in [0.2, 0.25) is 0 Å². The highest BCUT2D eigenvalue weighted by Gasteiger charge is 2.37. The highest BCUT2D eigenvalue weighted by Crippen LogP contribution is 2.36. The van der Waals surface area contributed by atoms with Gasteiger partial charge in [-0.05, 0) is 33.0 Å². The smallest absolute Gasteiger partial charge is 0.419 e. The molecular formula is C14H18F3NO3. The summed E-state index contributed by atoms with van der Waals surface area (Å²) < 4.78 is 48.6. The topological polar surface area (TPSA) is 47.6 Å². The molecule has 118 valence electrons. The van der Waals surface area contributed by atoms with Crippen LogP contribution >= 0.6 is 0 Å². The zero-order valence-electron chi connectivity index (χ0n) is 12.1. The van der Waals surface area contributed by atoms with Gasteiger partial charge < -0.3 is 14.8 Å². The lowest BCUT2D eigenvalue weighted by Gasteiger charge is -2.27. The Labute approximate surface area is 121 Å². The predicted octanol–water partition coefficient (Wildman–Crippen LogP) is 2.63. The molecule has 1 atom stereocenters. The minimum Gasteiger partial charge on any atom is -0.490 e. The number of ether oxygens (including phenoxy) is 2. The van der Waals surface area contributed by atoms with Crippen molar-refractivity contribution < 1.29 is 27.4 Å². The van der Waals surface area contributed by atoms with Crippen molar-refractivity contribution in [2.24, 2.45) is 0 Å². The van der Waals surface area contributed by atoms with E-state index in [2.05, 4.69) is 5.32 Å². The summed E-state index contributed by atoms with van der Waals surface area (Å²) >= 11 is 0. The number of carbonyl (C=O) groups is 1. The first kappa shape index (κ1) is 17.3. The Morgan fingerprint density at radius 3 is 2.43 bits per heavy atom. The average Bonchev–Trinajstić information content (AvgIpc) is 2.44. The van der Waals surface area contributed by atoms with E-state index in [1.54, 1.807) is 6.92 Å². The molecular weight excluding hydrogens is 287 g/mol. The molecule has 0 aliphatic rings. The third-order valence-electron chi connectivity index (χ3n) is 2.99. The van der Waals surface area contributed by atoms with Crippen LogP contribution in [0.1, 0.15) is 19.4 Å². The zero-order chi connectivity index (χ0) is 16.1. The van der Waals surface area contributed by atoms with E-state index in [9.17, 15) is 18.0 Å². The van der Waals surface area contributed by atoms with Crippen LogP contribution < -0.4 is 10.1 Å². The summed E-state index contributed by atoms with van der Waals surface area (Å²) in [6, 6.07) is 4.85. The monoisotopic (exact) mass is 305 g/mol. The standard InChI is InChI=1S/C14H18F3NO3/c1-4-20-12(19)13(2,18-3)9-21-11-8-6-5-7-10(11)14(15,16)17/h5-8,18H,4,9H2,1-3H3. The number of nitrogens with one attached hydrogen (secondary N) is 1. The molecule has 7 heteroatoms. The van der Waals surface area contributed by atoms with E-state index >= 15 is 0 Å². The molecule has 0 saturated heterocycles. The van der Waals surface area contributed by atoms with Gasteiger partial charge in [-0.3, -0.25) is 0 Å². The fourth-order valence-electron chi connectivity index (χ4n) is 1.57. The summed E-state index contributed by atoms with van der Waals surface area (Å²) in [6.07, 6.45) is -4.52. The van der Waals surface area contributed by atoms with Crippen LogP contribution in [0.4, 0.5) is 13.2 Å². The fraction of sp³-hybridized carbons (Fsp3) is 0.500. The van der Waals surface area contributed by atoms with Gasteiger partial charge in [0, 0.05) is 0 Å². The lowest BCUT2D eigenvalue weighted by Crippen LogP contribution is -2.53. The van der Waals surface area contributed by atoms with E-state index in [4.69, 9.17) is 9.47 Å². The van der Waals surface area contributed by atoms with Crippen molar-refractivity contribution in [1.29, 1.82) is 0 Å². The molecule has 21 heavy (non-hydrogen) atoms. The number of hydrogen-bond acceptors (Lipinski definition) is 4. The molecule has 1 unspecified atom stereocenters. The molecule has 1 N–H and O–H groups in total. The molecule has 4 nitrogen and oxygen atoms in total. The van der Waals surface area contributed by atoms with Gasteiger partial charge in [-0.1, -0.05) is 12.1 Å². The van der Waals surface area contributed by atoms with Crippen molar-refractivity contribution >= 4 is 5.97 Å². The Bertz CT molecular complexity index is 491. The minimum absolute atomic E-state index is 0.176. The van der Waals surface area contributed by atoms with Gasteiger partial charge in [0.25, 0.3) is 0 Å². The summed E-state index contributed by atoms with van der Waals surface area (Å²) in [5, 5.41) is 2.71. The third-order valence-corrected chi connectivity index (χ3v) is 2.99. The van der Waals surface area contributed by atoms with Crippen molar-refractivity contribution in [3.8, 4) is 5.75 Å². The van der Waals surface area contributed by atoms with Crippen molar-refractivity contribution in [3.05, 3.63) is 29.8 Å². The number of rotatable bonds is 6. The third kappa shape index (κ3) is 4.35. The van der Waals surface area contributed by atoms with E-state index < -0.39 is 23.2 Å². The first-order valence-electron chi connectivity index (χ1n) is 6.39. The minimum atomic E-state index is -4.52. The largest absolute Gasteiger partial charge is 0.490 e. The van der Waals surface area contributed by atoms with E-state index in [1.165, 1.54) is 32.2 Å². The number of esters is 1. The molecule has 0 saturated carbocycles. The molecule has 1 aromatic carbocycles. The maximum Gasteiger partial charge on any atom is 0.419 e. The van der Waals surface area contributed by atoms with Gasteiger partial charge in [0.1, 0.15) is 17.9 Å². The number of benzene rings is 1. The van der Waals surface area contributed by atoms with Gasteiger partial charge in [0.05, 0.1) is 12.2 Å². The first-order chi connectivity index (χ1) is 9.74. The summed E-state index contributed by atoms with van der Waals surface area (Å²) in [5.74, 6) is -0.909. The lowest BCUT2D eigenvalue weighted by molar-refractivity contribution is -0.151. The van der Waals surface area contributed by atoms with Crippen LogP contribution in [0.5, 0.6) is 5.75 Å². The number of likely N-dealkylation sites (N-methyl/N-ethyl adjacent to an activating group) is 1. The van der Waals surface area contributed by atoms with E-state index in [-0.39, 0.29) is 19.0 Å². The van der Waals surface area contributed by atoms with Gasteiger partial charge in [-0.15, -0.1) is 0 Å². The molecule has 1 aromatic rings. The molecule has 0 fully saturated rings. The molecule has 0 aliphatic carbocycles. The van der Waals surface area contributed by atoms with Crippen LogP contribution in [0.25, 0.3) is 0 Å². The summed E-state index contributed by atoms with van der Waals surface area (Å²) in [6.45, 7) is 3.04. The normalized spacial score (nSPS) is 14.4. The second-order valence-electron chi connectivity index (χ2n) is 4.59. The maximum absolute atomic E-state index is 12.8. The molecule has 0 aromatic heterocycles. The van der Waals surface area contributed by atoms with Crippen molar-refractivity contribution in [3.63, 3.8) is 0 Å². The van der Waals surface area contributed by atoms with Crippen LogP contribution in [0.15, 0.2) is 24.3 Å². The number of para-hydroxylation sites is 1. The number of carbonyl (C=O) groups excluding carboxylic acids is 1. The Morgan fingerprint density at radius 1 is 1.29 bits per heavy atom. The van der Waals surface area contributed by atoms with Gasteiger partial charge >= 0.3 is 12.1 Å². The van der Waals surface area contributed by atoms with E-state index in [0.717, 1.165) is 6.07 Å². The molecule has 0 amide bonds. The summed E-state index contributed by atoms with van der Waals surface area (Å²) in [4.78, 5) is 11.8. The SMILES string of the molecule is CCOC(=O)C(C)(COc1ccccc1C(F)(F)F)NC. The summed E-state index contributed by atoms with van der Waals surface area (Å²) in [7, 11) is 1.51. The lowest BCUT2D eigenvalue weighted by atomic mass is 10.0. The van der Waals surface area contributed by atoms with Gasteiger partial charge in [-0.25, -0.2) is 4.79 Å². The molecule has 0 bridgehead atoms. The highest BCUT2D eigenvalue weighted by atomic mass is 19.4. The predicted molar refractivity (Wildman–Crippen MR) is 71.0 cm³/mol. The summed E-state index contributed by atoms with van der Waals surface area (Å²) in [5.41, 5.74) is -2.11. The highest BCUT2D eigenvalue weighted by molar-refractivity contribution is 5.80. The Balaban J connectivity index is 2.90. The van der Waals surface area contributed by atoms with Crippen LogP contribution in [-0.2, 0) is 15.7 Å². The van der Waals surface area contributed by atoms with Crippen molar-refractivity contribution in [2.75, 3.05) is 20.3 Å². The Morgan fingerprint density at radius 2 is 1.90 bits per heavy atom. The van der Waals surface area contributed by atoms with E-state index in [1.807, 2.05) is 0 Å². The second kappa shape index (κ2) is 6.80. The molecule has 0 aliphatic heterocycles. The van der Waals surface area contributed by atoms with Crippen LogP contribution in [-0.4, -0.2) is 31.8 Å².